The van der Waals surface area contributed by atoms with Gasteiger partial charge in [0, 0.05) is 42.4 Å². The van der Waals surface area contributed by atoms with Gasteiger partial charge in [-0.3, -0.25) is 9.78 Å². The quantitative estimate of drug-likeness (QED) is 0.834. The molecule has 0 N–H and O–H groups in total. The number of furan rings is 1. The molecule has 2 aromatic rings. The van der Waals surface area contributed by atoms with E-state index in [1.807, 2.05) is 36.2 Å². The van der Waals surface area contributed by atoms with Crippen molar-refractivity contribution in [3.05, 3.63) is 53.7 Å². The highest BCUT2D eigenvalue weighted by Gasteiger charge is 2.52. The maximum absolute atomic E-state index is 12.7. The normalized spacial score (nSPS) is 25.3. The van der Waals surface area contributed by atoms with Gasteiger partial charge in [-0.25, -0.2) is 0 Å². The van der Waals surface area contributed by atoms with Crippen LogP contribution < -0.4 is 0 Å². The molecule has 2 fully saturated rings. The monoisotopic (exact) mass is 342 g/mol. The Hall–Kier alpha value is -2.18. The summed E-state index contributed by atoms with van der Waals surface area (Å²) in [6.07, 6.45) is 5.12. The Morgan fingerprint density at radius 2 is 2.40 bits per heavy atom. The fourth-order valence-corrected chi connectivity index (χ4v) is 3.78. The lowest BCUT2D eigenvalue weighted by Crippen LogP contribution is -2.37. The van der Waals surface area contributed by atoms with E-state index in [2.05, 4.69) is 4.98 Å². The zero-order valence-electron chi connectivity index (χ0n) is 14.3. The Labute approximate surface area is 146 Å². The fourth-order valence-electron chi connectivity index (χ4n) is 3.78. The Morgan fingerprint density at radius 3 is 3.16 bits per heavy atom. The minimum absolute atomic E-state index is 0.0384. The van der Waals surface area contributed by atoms with E-state index in [4.69, 9.17) is 13.9 Å². The molecular weight excluding hydrogens is 320 g/mol. The lowest BCUT2D eigenvalue weighted by Gasteiger charge is -2.26. The van der Waals surface area contributed by atoms with Crippen molar-refractivity contribution >= 4 is 5.91 Å². The summed E-state index contributed by atoms with van der Waals surface area (Å²) < 4.78 is 17.0. The molecule has 25 heavy (non-hydrogen) atoms. The number of aryl methyl sites for hydroxylation is 1. The average Bonchev–Trinajstić information content (AvgIpc) is 3.29. The first-order valence-electron chi connectivity index (χ1n) is 8.56. The number of ether oxygens (including phenoxy) is 2. The van der Waals surface area contributed by atoms with Crippen molar-refractivity contribution in [2.45, 2.75) is 13.5 Å². The van der Waals surface area contributed by atoms with E-state index in [9.17, 15) is 4.79 Å². The molecule has 0 spiro atoms. The molecule has 6 nitrogen and oxygen atoms in total. The molecule has 0 saturated carbocycles. The van der Waals surface area contributed by atoms with E-state index >= 15 is 0 Å². The Balaban J connectivity index is 1.42. The van der Waals surface area contributed by atoms with E-state index in [0.29, 0.717) is 51.2 Å². The van der Waals surface area contributed by atoms with Crippen LogP contribution in [0.1, 0.15) is 21.7 Å². The van der Waals surface area contributed by atoms with Crippen LogP contribution in [-0.2, 0) is 16.1 Å². The molecule has 0 bridgehead atoms. The van der Waals surface area contributed by atoms with Gasteiger partial charge >= 0.3 is 0 Å². The zero-order chi connectivity index (χ0) is 17.3. The summed E-state index contributed by atoms with van der Waals surface area (Å²) in [5.41, 5.74) is 1.80. The van der Waals surface area contributed by atoms with Crippen LogP contribution in [-0.4, -0.2) is 48.7 Å². The number of hydrogen-bond acceptors (Lipinski definition) is 5. The largest absolute Gasteiger partial charge is 0.459 e. The van der Waals surface area contributed by atoms with Crippen molar-refractivity contribution in [1.82, 2.24) is 9.88 Å². The second kappa shape index (κ2) is 6.61. The molecule has 2 aliphatic rings. The standard InChI is InChI=1S/C19H22N2O4/c1-14-4-6-25-17(14)18(22)21-8-16-10-24-13-19(16,11-21)12-23-9-15-3-2-5-20-7-15/h2-7,16H,8-13H2,1H3/t16-,19-/m1/s1. The third kappa shape index (κ3) is 3.07. The van der Waals surface area contributed by atoms with Crippen LogP contribution in [0.2, 0.25) is 0 Å². The van der Waals surface area contributed by atoms with E-state index in [1.54, 1.807) is 12.5 Å². The molecule has 2 aromatic heterocycles. The molecule has 0 aliphatic carbocycles. The van der Waals surface area contributed by atoms with Gasteiger partial charge in [0.15, 0.2) is 5.76 Å². The number of amides is 1. The smallest absolute Gasteiger partial charge is 0.289 e. The molecule has 2 aliphatic heterocycles. The molecule has 2 saturated heterocycles. The van der Waals surface area contributed by atoms with Gasteiger partial charge in [0.1, 0.15) is 0 Å². The molecule has 0 unspecified atom stereocenters. The molecule has 0 aromatic carbocycles. The summed E-state index contributed by atoms with van der Waals surface area (Å²) in [6.45, 7) is 5.63. The maximum atomic E-state index is 12.7. The van der Waals surface area contributed by atoms with Crippen LogP contribution in [0.4, 0.5) is 0 Å². The number of carbonyl (C=O) groups is 1. The van der Waals surface area contributed by atoms with Crippen LogP contribution in [0.3, 0.4) is 0 Å². The Morgan fingerprint density at radius 1 is 1.48 bits per heavy atom. The first kappa shape index (κ1) is 16.3. The molecule has 2 atom stereocenters. The lowest BCUT2D eigenvalue weighted by molar-refractivity contribution is 0.0182. The SMILES string of the molecule is Cc1ccoc1C(=O)N1C[C@@H]2COC[C@]2(COCc2cccnc2)C1. The number of aromatic nitrogens is 1. The number of nitrogens with zero attached hydrogens (tertiary/aromatic N) is 2. The van der Waals surface area contributed by atoms with Crippen molar-refractivity contribution in [1.29, 1.82) is 0 Å². The second-order valence-electron chi connectivity index (χ2n) is 7.05. The fraction of sp³-hybridized carbons (Fsp3) is 0.474. The molecule has 4 heterocycles. The van der Waals surface area contributed by atoms with Crippen molar-refractivity contribution in [2.75, 3.05) is 32.9 Å². The molecule has 1 amide bonds. The summed E-state index contributed by atoms with van der Waals surface area (Å²) in [7, 11) is 0. The van der Waals surface area contributed by atoms with Gasteiger partial charge in [0.2, 0.25) is 0 Å². The van der Waals surface area contributed by atoms with Gasteiger partial charge in [-0.15, -0.1) is 0 Å². The highest BCUT2D eigenvalue weighted by atomic mass is 16.5. The van der Waals surface area contributed by atoms with Crippen LogP contribution >= 0.6 is 0 Å². The Bertz CT molecular complexity index is 745. The van der Waals surface area contributed by atoms with Gasteiger partial charge in [-0.05, 0) is 24.6 Å². The van der Waals surface area contributed by atoms with E-state index in [0.717, 1.165) is 11.1 Å². The average molecular weight is 342 g/mol. The lowest BCUT2D eigenvalue weighted by atomic mass is 9.82. The third-order valence-corrected chi connectivity index (χ3v) is 5.25. The number of carbonyl (C=O) groups excluding carboxylic acids is 1. The minimum Gasteiger partial charge on any atom is -0.459 e. The van der Waals surface area contributed by atoms with Crippen LogP contribution in [0, 0.1) is 18.3 Å². The first-order valence-corrected chi connectivity index (χ1v) is 8.56. The second-order valence-corrected chi connectivity index (χ2v) is 7.05. The molecule has 4 rings (SSSR count). The maximum Gasteiger partial charge on any atom is 0.289 e. The van der Waals surface area contributed by atoms with Crippen molar-refractivity contribution in [3.63, 3.8) is 0 Å². The zero-order valence-corrected chi connectivity index (χ0v) is 14.3. The summed E-state index contributed by atoms with van der Waals surface area (Å²) in [4.78, 5) is 18.7. The van der Waals surface area contributed by atoms with E-state index in [1.165, 1.54) is 0 Å². The number of likely N-dealkylation sites (tertiary alicyclic amines) is 1. The van der Waals surface area contributed by atoms with Crippen molar-refractivity contribution in [2.24, 2.45) is 11.3 Å². The molecular formula is C19H22N2O4. The summed E-state index contributed by atoms with van der Waals surface area (Å²) >= 11 is 0. The van der Waals surface area contributed by atoms with Gasteiger partial charge in [-0.1, -0.05) is 6.07 Å². The first-order chi connectivity index (χ1) is 12.2. The van der Waals surface area contributed by atoms with Gasteiger partial charge in [0.25, 0.3) is 5.91 Å². The molecule has 0 radical (unpaired) electrons. The van der Waals surface area contributed by atoms with Gasteiger partial charge in [0.05, 0.1) is 32.7 Å². The molecule has 132 valence electrons. The van der Waals surface area contributed by atoms with E-state index in [-0.39, 0.29) is 11.3 Å². The van der Waals surface area contributed by atoms with Crippen LogP contribution in [0.5, 0.6) is 0 Å². The molecule has 6 heteroatoms. The van der Waals surface area contributed by atoms with Crippen LogP contribution in [0.25, 0.3) is 0 Å². The third-order valence-electron chi connectivity index (χ3n) is 5.25. The highest BCUT2D eigenvalue weighted by Crippen LogP contribution is 2.42. The highest BCUT2D eigenvalue weighted by molar-refractivity contribution is 5.93. The predicted octanol–water partition coefficient (Wildman–Crippen LogP) is 2.29. The number of fused-ring (bicyclic) bond motifs is 1. The van der Waals surface area contributed by atoms with Gasteiger partial charge in [-0.2, -0.15) is 0 Å². The number of pyridine rings is 1. The minimum atomic E-state index is -0.127. The Kier molecular flexibility index (Phi) is 4.31. The summed E-state index contributed by atoms with van der Waals surface area (Å²) in [6, 6.07) is 5.72. The van der Waals surface area contributed by atoms with Crippen LogP contribution in [0.15, 0.2) is 41.3 Å². The summed E-state index contributed by atoms with van der Waals surface area (Å²) in [5.74, 6) is 0.705. The van der Waals surface area contributed by atoms with Crippen molar-refractivity contribution < 1.29 is 18.7 Å². The topological polar surface area (TPSA) is 64.8 Å². The van der Waals surface area contributed by atoms with Gasteiger partial charge < -0.3 is 18.8 Å². The number of hydrogen-bond donors (Lipinski definition) is 0. The summed E-state index contributed by atoms with van der Waals surface area (Å²) in [5, 5.41) is 0. The van der Waals surface area contributed by atoms with E-state index < -0.39 is 0 Å². The predicted molar refractivity (Wildman–Crippen MR) is 90.0 cm³/mol. The number of rotatable bonds is 5. The van der Waals surface area contributed by atoms with Crippen molar-refractivity contribution in [3.8, 4) is 0 Å².